The summed E-state index contributed by atoms with van der Waals surface area (Å²) in [6.45, 7) is 0.303. The summed E-state index contributed by atoms with van der Waals surface area (Å²) in [6, 6.07) is -5.58. The normalized spacial score (nSPS) is 14.0. The Morgan fingerprint density at radius 1 is 0.865 bits per heavy atom. The molecule has 1 heterocycles. The molecule has 0 saturated carbocycles. The predicted molar refractivity (Wildman–Crippen MR) is 126 cm³/mol. The number of hydrogen-bond donors (Lipinski definition) is 9. The van der Waals surface area contributed by atoms with Crippen LogP contribution in [0.3, 0.4) is 0 Å². The highest BCUT2D eigenvalue weighted by molar-refractivity contribution is 5.95. The van der Waals surface area contributed by atoms with E-state index in [1.54, 1.807) is 0 Å². The van der Waals surface area contributed by atoms with E-state index in [0.717, 1.165) is 0 Å². The third-order valence-corrected chi connectivity index (χ3v) is 5.19. The fourth-order valence-corrected chi connectivity index (χ4v) is 3.20. The van der Waals surface area contributed by atoms with Gasteiger partial charge in [0.1, 0.15) is 18.1 Å². The van der Waals surface area contributed by atoms with Gasteiger partial charge in [0.25, 0.3) is 0 Å². The number of carboxylic acids is 3. The lowest BCUT2D eigenvalue weighted by Crippen LogP contribution is -2.57. The summed E-state index contributed by atoms with van der Waals surface area (Å²) >= 11 is 0. The average molecular weight is 528 g/mol. The molecule has 0 radical (unpaired) electrons. The maximum atomic E-state index is 12.9. The van der Waals surface area contributed by atoms with Crippen LogP contribution in [0.1, 0.15) is 44.2 Å². The number of carbonyl (C=O) groups is 6. The largest absolute Gasteiger partial charge is 0.481 e. The molecule has 1 aromatic rings. The summed E-state index contributed by atoms with van der Waals surface area (Å²) in [6.07, 6.45) is 2.02. The first kappa shape index (κ1) is 31.0. The number of imidazole rings is 1. The average Bonchev–Trinajstić information content (AvgIpc) is 3.33. The van der Waals surface area contributed by atoms with Crippen molar-refractivity contribution in [3.8, 4) is 0 Å². The Bertz CT molecular complexity index is 939. The van der Waals surface area contributed by atoms with Gasteiger partial charge in [-0.1, -0.05) is 0 Å². The van der Waals surface area contributed by atoms with Crippen LogP contribution >= 0.6 is 0 Å². The number of aromatic nitrogens is 2. The quantitative estimate of drug-likeness (QED) is 0.0881. The highest BCUT2D eigenvalue weighted by Gasteiger charge is 2.31. The lowest BCUT2D eigenvalue weighted by Gasteiger charge is -2.24. The standard InChI is InChI=1S/C21H33N7O9/c22-6-2-1-3-13(26-18(33)12(23)4-5-16(29)30)19(34)27-14(8-17(31)32)20(35)28-15(21(36)37)7-11-9-24-10-25-11/h9-10,12-15H,1-8,22-23H2,(H,24,25)(H,26,33)(H,27,34)(H,28,35)(H,29,30)(H,31,32)(H,36,37). The molecule has 4 atom stereocenters. The third kappa shape index (κ3) is 12.0. The second-order valence-corrected chi connectivity index (χ2v) is 8.22. The molecule has 0 aliphatic heterocycles. The number of unbranched alkanes of at least 4 members (excludes halogenated alkanes) is 1. The smallest absolute Gasteiger partial charge is 0.326 e. The van der Waals surface area contributed by atoms with Crippen LogP contribution in [0.5, 0.6) is 0 Å². The molecule has 1 rings (SSSR count). The number of rotatable bonds is 18. The first-order valence-electron chi connectivity index (χ1n) is 11.4. The van der Waals surface area contributed by atoms with Crippen LogP contribution in [0, 0.1) is 0 Å². The molecule has 0 bridgehead atoms. The monoisotopic (exact) mass is 527 g/mol. The van der Waals surface area contributed by atoms with Crippen LogP contribution in [-0.4, -0.2) is 91.6 Å². The molecule has 0 fully saturated rings. The van der Waals surface area contributed by atoms with Gasteiger partial charge in [0, 0.05) is 24.7 Å². The second-order valence-electron chi connectivity index (χ2n) is 8.22. The van der Waals surface area contributed by atoms with Crippen LogP contribution < -0.4 is 27.4 Å². The van der Waals surface area contributed by atoms with Crippen molar-refractivity contribution >= 4 is 35.6 Å². The molecule has 4 unspecified atom stereocenters. The molecular weight excluding hydrogens is 494 g/mol. The van der Waals surface area contributed by atoms with Crippen LogP contribution in [0.25, 0.3) is 0 Å². The molecular formula is C21H33N7O9. The summed E-state index contributed by atoms with van der Waals surface area (Å²) in [5.74, 6) is -6.77. The zero-order valence-electron chi connectivity index (χ0n) is 20.0. The van der Waals surface area contributed by atoms with E-state index in [-0.39, 0.29) is 25.7 Å². The van der Waals surface area contributed by atoms with Gasteiger partial charge in [-0.2, -0.15) is 0 Å². The van der Waals surface area contributed by atoms with E-state index >= 15 is 0 Å². The molecule has 16 heteroatoms. The lowest BCUT2D eigenvalue weighted by atomic mass is 10.1. The zero-order chi connectivity index (χ0) is 28.0. The van der Waals surface area contributed by atoms with E-state index in [2.05, 4.69) is 25.9 Å². The molecule has 16 nitrogen and oxygen atoms in total. The van der Waals surface area contributed by atoms with Gasteiger partial charge in [-0.25, -0.2) is 9.78 Å². The molecule has 3 amide bonds. The molecule has 206 valence electrons. The maximum Gasteiger partial charge on any atom is 0.326 e. The third-order valence-electron chi connectivity index (χ3n) is 5.19. The Morgan fingerprint density at radius 3 is 2.03 bits per heavy atom. The van der Waals surface area contributed by atoms with Gasteiger partial charge in [0.15, 0.2) is 0 Å². The summed E-state index contributed by atoms with van der Waals surface area (Å²) in [5, 5.41) is 34.3. The van der Waals surface area contributed by atoms with Gasteiger partial charge < -0.3 is 47.7 Å². The summed E-state index contributed by atoms with van der Waals surface area (Å²) in [4.78, 5) is 78.2. The van der Waals surface area contributed by atoms with Crippen molar-refractivity contribution in [2.24, 2.45) is 11.5 Å². The Morgan fingerprint density at radius 2 is 1.49 bits per heavy atom. The van der Waals surface area contributed by atoms with Crippen molar-refractivity contribution in [3.63, 3.8) is 0 Å². The van der Waals surface area contributed by atoms with E-state index in [9.17, 15) is 39.0 Å². The van der Waals surface area contributed by atoms with Crippen molar-refractivity contribution in [1.82, 2.24) is 25.9 Å². The van der Waals surface area contributed by atoms with E-state index in [0.29, 0.717) is 25.1 Å². The van der Waals surface area contributed by atoms with Gasteiger partial charge in [-0.15, -0.1) is 0 Å². The van der Waals surface area contributed by atoms with Crippen molar-refractivity contribution in [2.45, 2.75) is 69.1 Å². The minimum Gasteiger partial charge on any atom is -0.481 e. The summed E-state index contributed by atoms with van der Waals surface area (Å²) in [7, 11) is 0. The number of nitrogens with two attached hydrogens (primary N) is 2. The fraction of sp³-hybridized carbons (Fsp3) is 0.571. The number of nitrogens with one attached hydrogen (secondary N) is 4. The Labute approximate surface area is 211 Å². The van der Waals surface area contributed by atoms with E-state index < -0.39 is 66.2 Å². The summed E-state index contributed by atoms with van der Waals surface area (Å²) < 4.78 is 0. The zero-order valence-corrected chi connectivity index (χ0v) is 20.0. The maximum absolute atomic E-state index is 12.9. The van der Waals surface area contributed by atoms with Gasteiger partial charge in [0.2, 0.25) is 17.7 Å². The predicted octanol–water partition coefficient (Wildman–Crippen LogP) is -2.71. The van der Waals surface area contributed by atoms with Crippen molar-refractivity contribution in [2.75, 3.05) is 6.54 Å². The Hall–Kier alpha value is -4.05. The number of aliphatic carboxylic acids is 3. The molecule has 0 aliphatic rings. The lowest BCUT2D eigenvalue weighted by molar-refractivity contribution is -0.144. The van der Waals surface area contributed by atoms with Crippen LogP contribution in [0.15, 0.2) is 12.5 Å². The molecule has 11 N–H and O–H groups in total. The van der Waals surface area contributed by atoms with Crippen LogP contribution in [0.4, 0.5) is 0 Å². The second kappa shape index (κ2) is 15.8. The first-order valence-corrected chi connectivity index (χ1v) is 11.4. The Balaban J connectivity index is 2.97. The summed E-state index contributed by atoms with van der Waals surface area (Å²) in [5.41, 5.74) is 11.6. The molecule has 1 aromatic heterocycles. The number of H-pyrrole nitrogens is 1. The SMILES string of the molecule is NCCCCC(NC(=O)C(N)CCC(=O)O)C(=O)NC(CC(=O)O)C(=O)NC(Cc1cnc[nH]1)C(=O)O. The molecule has 0 aromatic carbocycles. The molecule has 0 aliphatic carbocycles. The Kier molecular flexibility index (Phi) is 13.3. The number of hydrogen-bond acceptors (Lipinski definition) is 9. The molecule has 37 heavy (non-hydrogen) atoms. The topological polar surface area (TPSA) is 280 Å². The number of carboxylic acid groups (broad SMARTS) is 3. The fourth-order valence-electron chi connectivity index (χ4n) is 3.20. The highest BCUT2D eigenvalue weighted by Crippen LogP contribution is 2.06. The van der Waals surface area contributed by atoms with Crippen LogP contribution in [0.2, 0.25) is 0 Å². The minimum atomic E-state index is -1.66. The van der Waals surface area contributed by atoms with Crippen molar-refractivity contribution < 1.29 is 44.1 Å². The molecule has 0 spiro atoms. The molecule has 0 saturated heterocycles. The number of aromatic amines is 1. The van der Waals surface area contributed by atoms with E-state index in [1.165, 1.54) is 12.5 Å². The highest BCUT2D eigenvalue weighted by atomic mass is 16.4. The first-order chi connectivity index (χ1) is 17.4. The van der Waals surface area contributed by atoms with Gasteiger partial charge >= 0.3 is 17.9 Å². The van der Waals surface area contributed by atoms with Crippen molar-refractivity contribution in [3.05, 3.63) is 18.2 Å². The van der Waals surface area contributed by atoms with Crippen LogP contribution in [-0.2, 0) is 35.2 Å². The van der Waals surface area contributed by atoms with Crippen molar-refractivity contribution in [1.29, 1.82) is 0 Å². The minimum absolute atomic E-state index is 0.0689. The number of nitrogens with zero attached hydrogens (tertiary/aromatic N) is 1. The number of carbonyl (C=O) groups excluding carboxylic acids is 3. The van der Waals surface area contributed by atoms with Gasteiger partial charge in [-0.05, 0) is 32.2 Å². The van der Waals surface area contributed by atoms with Gasteiger partial charge in [0.05, 0.1) is 18.8 Å². The van der Waals surface area contributed by atoms with E-state index in [4.69, 9.17) is 16.6 Å². The van der Waals surface area contributed by atoms with Gasteiger partial charge in [-0.3, -0.25) is 24.0 Å². The van der Waals surface area contributed by atoms with E-state index in [1.807, 2.05) is 0 Å². The number of amides is 3.